The molecule has 0 aliphatic carbocycles. The summed E-state index contributed by atoms with van der Waals surface area (Å²) in [4.78, 5) is 7.68. The molecule has 1 aromatic rings. The molecular formula is C11H18N2S2. The van der Waals surface area contributed by atoms with Gasteiger partial charge in [-0.15, -0.1) is 0 Å². The molecule has 0 spiro atoms. The average Bonchev–Trinajstić information content (AvgIpc) is 2.22. The molecule has 0 aliphatic rings. The number of aromatic amines is 1. The highest BCUT2D eigenvalue weighted by Crippen LogP contribution is 2.18. The van der Waals surface area contributed by atoms with Crippen LogP contribution in [-0.4, -0.2) is 15.2 Å². The van der Waals surface area contributed by atoms with E-state index in [4.69, 9.17) is 12.2 Å². The lowest BCUT2D eigenvalue weighted by atomic mass is 10.3. The molecular weight excluding hydrogens is 224 g/mol. The third-order valence-electron chi connectivity index (χ3n) is 2.53. The highest BCUT2D eigenvalue weighted by molar-refractivity contribution is 7.99. The van der Waals surface area contributed by atoms with Gasteiger partial charge in [-0.3, -0.25) is 0 Å². The largest absolute Gasteiger partial charge is 0.346 e. The van der Waals surface area contributed by atoms with E-state index in [1.807, 2.05) is 25.6 Å². The Labute approximate surface area is 101 Å². The van der Waals surface area contributed by atoms with Gasteiger partial charge in [0.1, 0.15) is 10.5 Å². The Morgan fingerprint density at radius 3 is 2.67 bits per heavy atom. The van der Waals surface area contributed by atoms with Crippen LogP contribution in [0.25, 0.3) is 0 Å². The SMILES string of the molecule is CCC(C)SCc1nc(=S)c(C)c(C)[nH]1. The number of H-pyrrole nitrogens is 1. The highest BCUT2D eigenvalue weighted by Gasteiger charge is 2.04. The average molecular weight is 242 g/mol. The van der Waals surface area contributed by atoms with Gasteiger partial charge < -0.3 is 4.98 Å². The smallest absolute Gasteiger partial charge is 0.132 e. The summed E-state index contributed by atoms with van der Waals surface area (Å²) in [5, 5.41) is 0.676. The molecule has 4 heteroatoms. The van der Waals surface area contributed by atoms with Crippen molar-refractivity contribution < 1.29 is 0 Å². The number of aromatic nitrogens is 2. The Bertz CT molecular complexity index is 385. The predicted molar refractivity (Wildman–Crippen MR) is 69.9 cm³/mol. The van der Waals surface area contributed by atoms with Crippen LogP contribution in [0.3, 0.4) is 0 Å². The van der Waals surface area contributed by atoms with E-state index in [-0.39, 0.29) is 0 Å². The number of nitrogens with one attached hydrogen (secondary N) is 1. The molecule has 84 valence electrons. The summed E-state index contributed by atoms with van der Waals surface area (Å²) in [5.74, 6) is 1.91. The van der Waals surface area contributed by atoms with Crippen molar-refractivity contribution in [1.29, 1.82) is 0 Å². The van der Waals surface area contributed by atoms with E-state index >= 15 is 0 Å². The zero-order chi connectivity index (χ0) is 11.4. The van der Waals surface area contributed by atoms with Gasteiger partial charge in [-0.05, 0) is 20.3 Å². The van der Waals surface area contributed by atoms with Gasteiger partial charge in [-0.25, -0.2) is 4.98 Å². The second kappa shape index (κ2) is 5.66. The number of thioether (sulfide) groups is 1. The van der Waals surface area contributed by atoms with E-state index in [1.165, 1.54) is 6.42 Å². The third kappa shape index (κ3) is 3.61. The first-order valence-electron chi connectivity index (χ1n) is 5.22. The van der Waals surface area contributed by atoms with Gasteiger partial charge in [0.25, 0.3) is 0 Å². The second-order valence-electron chi connectivity index (χ2n) is 3.77. The van der Waals surface area contributed by atoms with Crippen LogP contribution in [0.1, 0.15) is 37.4 Å². The quantitative estimate of drug-likeness (QED) is 0.814. The molecule has 0 bridgehead atoms. The summed E-state index contributed by atoms with van der Waals surface area (Å²) in [5.41, 5.74) is 2.22. The van der Waals surface area contributed by atoms with Gasteiger partial charge >= 0.3 is 0 Å². The Morgan fingerprint density at radius 1 is 1.47 bits per heavy atom. The number of hydrogen-bond donors (Lipinski definition) is 1. The Kier molecular flexibility index (Phi) is 4.80. The van der Waals surface area contributed by atoms with Crippen LogP contribution in [-0.2, 0) is 5.75 Å². The molecule has 0 aliphatic heterocycles. The molecule has 2 nitrogen and oxygen atoms in total. The summed E-state index contributed by atoms with van der Waals surface area (Å²) in [6.45, 7) is 8.49. The van der Waals surface area contributed by atoms with Crippen molar-refractivity contribution >= 4 is 24.0 Å². The molecule has 0 saturated carbocycles. The lowest BCUT2D eigenvalue weighted by molar-refractivity contribution is 0.897. The third-order valence-corrected chi connectivity index (χ3v) is 4.27. The van der Waals surface area contributed by atoms with Gasteiger partial charge in [0, 0.05) is 16.5 Å². The molecule has 1 unspecified atom stereocenters. The van der Waals surface area contributed by atoms with Crippen molar-refractivity contribution in [3.63, 3.8) is 0 Å². The van der Waals surface area contributed by atoms with Crippen molar-refractivity contribution in [2.24, 2.45) is 0 Å². The minimum Gasteiger partial charge on any atom is -0.346 e. The number of rotatable bonds is 4. The first kappa shape index (κ1) is 12.7. The first-order chi connectivity index (χ1) is 7.04. The first-order valence-corrected chi connectivity index (χ1v) is 6.68. The molecule has 0 amide bonds. The number of hydrogen-bond acceptors (Lipinski definition) is 3. The summed E-state index contributed by atoms with van der Waals surface area (Å²) >= 11 is 7.11. The van der Waals surface area contributed by atoms with E-state index in [2.05, 4.69) is 23.8 Å². The van der Waals surface area contributed by atoms with Crippen molar-refractivity contribution in [1.82, 2.24) is 9.97 Å². The lowest BCUT2D eigenvalue weighted by Gasteiger charge is -2.09. The van der Waals surface area contributed by atoms with Crippen LogP contribution in [0.5, 0.6) is 0 Å². The Hall–Kier alpha value is -0.350. The fourth-order valence-electron chi connectivity index (χ4n) is 1.11. The van der Waals surface area contributed by atoms with Gasteiger partial charge in [0.15, 0.2) is 0 Å². The normalized spacial score (nSPS) is 12.8. The van der Waals surface area contributed by atoms with Crippen LogP contribution >= 0.6 is 24.0 Å². The molecule has 0 saturated heterocycles. The Morgan fingerprint density at radius 2 is 2.13 bits per heavy atom. The van der Waals surface area contributed by atoms with Crippen LogP contribution in [0, 0.1) is 18.5 Å². The molecule has 1 heterocycles. The fraction of sp³-hybridized carbons (Fsp3) is 0.636. The molecule has 0 aromatic carbocycles. The maximum atomic E-state index is 5.20. The van der Waals surface area contributed by atoms with Gasteiger partial charge in [-0.2, -0.15) is 11.8 Å². The van der Waals surface area contributed by atoms with Gasteiger partial charge in [0.05, 0.1) is 5.75 Å². The van der Waals surface area contributed by atoms with E-state index in [9.17, 15) is 0 Å². The molecule has 0 radical (unpaired) electrons. The maximum absolute atomic E-state index is 5.20. The summed E-state index contributed by atoms with van der Waals surface area (Å²) in [7, 11) is 0. The van der Waals surface area contributed by atoms with Crippen molar-refractivity contribution in [2.45, 2.75) is 45.1 Å². The van der Waals surface area contributed by atoms with Crippen molar-refractivity contribution in [3.8, 4) is 0 Å². The van der Waals surface area contributed by atoms with E-state index in [1.54, 1.807) is 0 Å². The molecule has 1 rings (SSSR count). The van der Waals surface area contributed by atoms with E-state index < -0.39 is 0 Å². The van der Waals surface area contributed by atoms with Crippen LogP contribution in [0.15, 0.2) is 0 Å². The zero-order valence-electron chi connectivity index (χ0n) is 9.76. The van der Waals surface area contributed by atoms with Gasteiger partial charge in [-0.1, -0.05) is 26.1 Å². The monoisotopic (exact) mass is 242 g/mol. The summed E-state index contributed by atoms with van der Waals surface area (Å²) in [6, 6.07) is 0. The van der Waals surface area contributed by atoms with E-state index in [0.717, 1.165) is 27.5 Å². The van der Waals surface area contributed by atoms with Crippen molar-refractivity contribution in [3.05, 3.63) is 21.7 Å². The topological polar surface area (TPSA) is 28.7 Å². The van der Waals surface area contributed by atoms with Gasteiger partial charge in [0.2, 0.25) is 0 Å². The standard InChI is InChI=1S/C11H18N2S2/c1-5-7(2)15-6-10-12-9(4)8(3)11(14)13-10/h7H,5-6H2,1-4H3,(H,12,13,14). The van der Waals surface area contributed by atoms with Crippen LogP contribution < -0.4 is 0 Å². The maximum Gasteiger partial charge on any atom is 0.132 e. The zero-order valence-corrected chi connectivity index (χ0v) is 11.4. The van der Waals surface area contributed by atoms with Crippen molar-refractivity contribution in [2.75, 3.05) is 0 Å². The summed E-state index contributed by atoms with van der Waals surface area (Å²) < 4.78 is 0.728. The second-order valence-corrected chi connectivity index (χ2v) is 5.58. The minimum atomic E-state index is 0.676. The fourth-order valence-corrected chi connectivity index (χ4v) is 2.19. The minimum absolute atomic E-state index is 0.676. The molecule has 1 atom stereocenters. The number of nitrogens with zero attached hydrogens (tertiary/aromatic N) is 1. The highest BCUT2D eigenvalue weighted by atomic mass is 32.2. The van der Waals surface area contributed by atoms with Crippen LogP contribution in [0.4, 0.5) is 0 Å². The molecule has 15 heavy (non-hydrogen) atoms. The molecule has 1 aromatic heterocycles. The number of aryl methyl sites for hydroxylation is 1. The molecule has 0 fully saturated rings. The predicted octanol–water partition coefficient (Wildman–Crippen LogP) is 3.79. The lowest BCUT2D eigenvalue weighted by Crippen LogP contribution is -2.01. The molecule has 1 N–H and O–H groups in total. The van der Waals surface area contributed by atoms with Crippen LogP contribution in [0.2, 0.25) is 0 Å². The summed E-state index contributed by atoms with van der Waals surface area (Å²) in [6.07, 6.45) is 1.19. The Balaban J connectivity index is 2.75. The van der Waals surface area contributed by atoms with E-state index in [0.29, 0.717) is 5.25 Å².